The van der Waals surface area contributed by atoms with Crippen LogP contribution in [0.25, 0.3) is 0 Å². The molecule has 32 heavy (non-hydrogen) atoms. The molecule has 0 N–H and O–H groups in total. The van der Waals surface area contributed by atoms with Gasteiger partial charge in [-0.05, 0) is 67.6 Å². The van der Waals surface area contributed by atoms with Gasteiger partial charge in [-0.25, -0.2) is 13.2 Å². The molecule has 0 bridgehead atoms. The monoisotopic (exact) mass is 458 g/mol. The summed E-state index contributed by atoms with van der Waals surface area (Å²) in [5.74, 6) is -0.318. The summed E-state index contributed by atoms with van der Waals surface area (Å²) in [6, 6.07) is 11.5. The summed E-state index contributed by atoms with van der Waals surface area (Å²) >= 11 is 0. The van der Waals surface area contributed by atoms with E-state index in [-0.39, 0.29) is 17.4 Å². The molecule has 2 aliphatic heterocycles. The number of hydrogen-bond donors (Lipinski definition) is 0. The van der Waals surface area contributed by atoms with Crippen LogP contribution in [-0.2, 0) is 26.0 Å². The average molecular weight is 459 g/mol. The van der Waals surface area contributed by atoms with E-state index < -0.39 is 16.0 Å². The van der Waals surface area contributed by atoms with Gasteiger partial charge in [0.25, 0.3) is 5.91 Å². The molecule has 1 fully saturated rings. The third kappa shape index (κ3) is 4.49. The standard InChI is InChI=1S/C23H26N2O6S/c1-30-23(27)18-6-4-8-19(14-18)31-16-22(26)25-13-5-7-17-15-20(9-10-21(17)25)32(28,29)24-11-2-3-12-24/h4,6,8-10,14-15H,2-3,5,7,11-13,16H2,1H3. The maximum Gasteiger partial charge on any atom is 0.337 e. The lowest BCUT2D eigenvalue weighted by molar-refractivity contribution is -0.120. The minimum atomic E-state index is -3.50. The molecule has 0 saturated carbocycles. The van der Waals surface area contributed by atoms with Crippen molar-refractivity contribution in [3.8, 4) is 5.75 Å². The number of fused-ring (bicyclic) bond motifs is 1. The topological polar surface area (TPSA) is 93.2 Å². The van der Waals surface area contributed by atoms with E-state index in [1.165, 1.54) is 17.5 Å². The first-order chi connectivity index (χ1) is 15.4. The second-order valence-corrected chi connectivity index (χ2v) is 9.80. The number of hydrogen-bond acceptors (Lipinski definition) is 6. The van der Waals surface area contributed by atoms with E-state index in [4.69, 9.17) is 9.47 Å². The molecule has 0 aliphatic carbocycles. The molecule has 0 aromatic heterocycles. The van der Waals surface area contributed by atoms with Gasteiger partial charge in [-0.1, -0.05) is 6.07 Å². The second-order valence-electron chi connectivity index (χ2n) is 7.86. The second kappa shape index (κ2) is 9.30. The molecular formula is C23H26N2O6S. The van der Waals surface area contributed by atoms with Crippen LogP contribution in [0.5, 0.6) is 5.75 Å². The summed E-state index contributed by atoms with van der Waals surface area (Å²) in [6.45, 7) is 1.45. The third-order valence-electron chi connectivity index (χ3n) is 5.79. The van der Waals surface area contributed by atoms with Crippen molar-refractivity contribution in [2.75, 3.05) is 38.3 Å². The van der Waals surface area contributed by atoms with E-state index in [2.05, 4.69) is 0 Å². The minimum absolute atomic E-state index is 0.197. The van der Waals surface area contributed by atoms with Gasteiger partial charge in [-0.15, -0.1) is 0 Å². The number of methoxy groups -OCH3 is 1. The van der Waals surface area contributed by atoms with Crippen LogP contribution in [0.15, 0.2) is 47.4 Å². The fourth-order valence-corrected chi connectivity index (χ4v) is 5.69. The van der Waals surface area contributed by atoms with Crippen LogP contribution in [-0.4, -0.2) is 58.0 Å². The molecule has 2 aliphatic rings. The Kier molecular flexibility index (Phi) is 6.48. The number of amides is 1. The van der Waals surface area contributed by atoms with Crippen molar-refractivity contribution in [1.29, 1.82) is 0 Å². The maximum absolute atomic E-state index is 12.9. The number of rotatable bonds is 6. The van der Waals surface area contributed by atoms with Crippen molar-refractivity contribution in [2.45, 2.75) is 30.6 Å². The highest BCUT2D eigenvalue weighted by Crippen LogP contribution is 2.31. The Bertz CT molecular complexity index is 1130. The summed E-state index contributed by atoms with van der Waals surface area (Å²) in [7, 11) is -2.20. The predicted octanol–water partition coefficient (Wildman–Crippen LogP) is 2.62. The zero-order chi connectivity index (χ0) is 22.7. The van der Waals surface area contributed by atoms with Gasteiger partial charge >= 0.3 is 5.97 Å². The molecule has 2 aromatic rings. The Morgan fingerprint density at radius 1 is 1.00 bits per heavy atom. The van der Waals surface area contributed by atoms with Crippen LogP contribution in [0.3, 0.4) is 0 Å². The average Bonchev–Trinajstić information content (AvgIpc) is 3.37. The normalized spacial score (nSPS) is 16.5. The van der Waals surface area contributed by atoms with E-state index >= 15 is 0 Å². The number of carbonyl (C=O) groups excluding carboxylic acids is 2. The van der Waals surface area contributed by atoms with Crippen LogP contribution in [0.2, 0.25) is 0 Å². The first-order valence-corrected chi connectivity index (χ1v) is 12.1. The molecule has 0 atom stereocenters. The first kappa shape index (κ1) is 22.3. The molecule has 1 amide bonds. The third-order valence-corrected chi connectivity index (χ3v) is 7.69. The highest BCUT2D eigenvalue weighted by molar-refractivity contribution is 7.89. The number of sulfonamides is 1. The Balaban J connectivity index is 1.48. The van der Waals surface area contributed by atoms with Gasteiger partial charge in [-0.2, -0.15) is 4.31 Å². The predicted molar refractivity (Wildman–Crippen MR) is 118 cm³/mol. The fraction of sp³-hybridized carbons (Fsp3) is 0.391. The van der Waals surface area contributed by atoms with Crippen LogP contribution < -0.4 is 9.64 Å². The Morgan fingerprint density at radius 2 is 1.78 bits per heavy atom. The summed E-state index contributed by atoms with van der Waals surface area (Å²) in [6.07, 6.45) is 3.22. The quantitative estimate of drug-likeness (QED) is 0.618. The Morgan fingerprint density at radius 3 is 2.53 bits per heavy atom. The summed E-state index contributed by atoms with van der Waals surface area (Å²) < 4.78 is 37.6. The zero-order valence-electron chi connectivity index (χ0n) is 18.0. The van der Waals surface area contributed by atoms with Gasteiger partial charge in [0, 0.05) is 25.3 Å². The van der Waals surface area contributed by atoms with Crippen LogP contribution in [0.4, 0.5) is 5.69 Å². The highest BCUT2D eigenvalue weighted by atomic mass is 32.2. The summed E-state index contributed by atoms with van der Waals surface area (Å²) in [4.78, 5) is 26.5. The number of aryl methyl sites for hydroxylation is 1. The van der Waals surface area contributed by atoms with E-state index in [1.54, 1.807) is 41.3 Å². The number of benzene rings is 2. The van der Waals surface area contributed by atoms with Gasteiger partial charge < -0.3 is 14.4 Å². The number of anilines is 1. The number of ether oxygens (including phenoxy) is 2. The maximum atomic E-state index is 12.9. The minimum Gasteiger partial charge on any atom is -0.484 e. The van der Waals surface area contributed by atoms with Gasteiger partial charge in [0.1, 0.15) is 5.75 Å². The van der Waals surface area contributed by atoms with Crippen LogP contribution >= 0.6 is 0 Å². The Hall–Kier alpha value is -2.91. The molecule has 2 heterocycles. The molecule has 4 rings (SSSR count). The van der Waals surface area contributed by atoms with Crippen molar-refractivity contribution in [1.82, 2.24) is 4.31 Å². The number of carbonyl (C=O) groups is 2. The van der Waals surface area contributed by atoms with Crippen molar-refractivity contribution >= 4 is 27.6 Å². The Labute approximate surface area is 187 Å². The van der Waals surface area contributed by atoms with E-state index in [1.807, 2.05) is 0 Å². The van der Waals surface area contributed by atoms with Crippen molar-refractivity contribution < 1.29 is 27.5 Å². The molecule has 8 nitrogen and oxygen atoms in total. The highest BCUT2D eigenvalue weighted by Gasteiger charge is 2.29. The molecule has 0 spiro atoms. The van der Waals surface area contributed by atoms with E-state index in [9.17, 15) is 18.0 Å². The van der Waals surface area contributed by atoms with Gasteiger partial charge in [-0.3, -0.25) is 4.79 Å². The van der Waals surface area contributed by atoms with Gasteiger partial charge in [0.2, 0.25) is 10.0 Å². The van der Waals surface area contributed by atoms with Crippen molar-refractivity contribution in [3.63, 3.8) is 0 Å². The lowest BCUT2D eigenvalue weighted by Gasteiger charge is -2.30. The SMILES string of the molecule is COC(=O)c1cccc(OCC(=O)N2CCCc3cc(S(=O)(=O)N4CCCC4)ccc32)c1. The van der Waals surface area contributed by atoms with Crippen LogP contribution in [0.1, 0.15) is 35.2 Å². The molecular weight excluding hydrogens is 432 g/mol. The summed E-state index contributed by atoms with van der Waals surface area (Å²) in [5, 5.41) is 0. The lowest BCUT2D eigenvalue weighted by atomic mass is 10.0. The largest absolute Gasteiger partial charge is 0.484 e. The molecule has 9 heteroatoms. The lowest BCUT2D eigenvalue weighted by Crippen LogP contribution is -2.38. The zero-order valence-corrected chi connectivity index (χ0v) is 18.8. The number of nitrogens with zero attached hydrogens (tertiary/aromatic N) is 2. The van der Waals surface area contributed by atoms with Crippen molar-refractivity contribution in [2.24, 2.45) is 0 Å². The van der Waals surface area contributed by atoms with Crippen molar-refractivity contribution in [3.05, 3.63) is 53.6 Å². The summed E-state index contributed by atoms with van der Waals surface area (Å²) in [5.41, 5.74) is 1.90. The molecule has 1 saturated heterocycles. The number of esters is 1. The molecule has 0 unspecified atom stereocenters. The van der Waals surface area contributed by atoms with E-state index in [0.717, 1.165) is 24.8 Å². The van der Waals surface area contributed by atoms with Gasteiger partial charge in [0.15, 0.2) is 6.61 Å². The fourth-order valence-electron chi connectivity index (χ4n) is 4.12. The molecule has 0 radical (unpaired) electrons. The first-order valence-electron chi connectivity index (χ1n) is 10.6. The van der Waals surface area contributed by atoms with E-state index in [0.29, 0.717) is 43.1 Å². The van der Waals surface area contributed by atoms with Gasteiger partial charge in [0.05, 0.1) is 17.6 Å². The van der Waals surface area contributed by atoms with Crippen LogP contribution in [0, 0.1) is 0 Å². The molecule has 170 valence electrons. The molecule has 2 aromatic carbocycles. The smallest absolute Gasteiger partial charge is 0.337 e.